The third kappa shape index (κ3) is 2.24. The molecule has 1 aromatic rings. The molecule has 1 unspecified atom stereocenters. The minimum absolute atomic E-state index is 0.190. The summed E-state index contributed by atoms with van der Waals surface area (Å²) in [7, 11) is 0. The number of halogens is 4. The Morgan fingerprint density at radius 2 is 1.60 bits per heavy atom. The van der Waals surface area contributed by atoms with Gasteiger partial charge in [-0.15, -0.1) is 0 Å². The zero-order valence-electron chi connectivity index (χ0n) is 10.9. The van der Waals surface area contributed by atoms with Gasteiger partial charge < -0.3 is 4.90 Å². The molecule has 1 aromatic heterocycles. The van der Waals surface area contributed by atoms with Crippen LogP contribution < -0.4 is 4.90 Å². The van der Waals surface area contributed by atoms with Gasteiger partial charge >= 0.3 is 0 Å². The number of hydrogen-bond acceptors (Lipinski definition) is 3. The van der Waals surface area contributed by atoms with Crippen LogP contribution in [0.4, 0.5) is 23.2 Å². The standard InChI is InChI=1S/C13H15F4N3/c14-9-11(10(15)13(17)18-12(9)16)20-6-5-19-4-2-1-3-8(19)7-20/h8H,1-7H2. The molecule has 7 heteroatoms. The Morgan fingerprint density at radius 3 is 2.30 bits per heavy atom. The molecule has 0 aromatic carbocycles. The van der Waals surface area contributed by atoms with E-state index < -0.39 is 29.2 Å². The molecule has 0 saturated carbocycles. The molecule has 0 bridgehead atoms. The molecule has 0 spiro atoms. The molecule has 0 radical (unpaired) electrons. The molecular formula is C13H15F4N3. The third-order valence-corrected chi connectivity index (χ3v) is 4.13. The molecule has 0 amide bonds. The van der Waals surface area contributed by atoms with E-state index in [0.29, 0.717) is 19.6 Å². The first-order chi connectivity index (χ1) is 9.58. The summed E-state index contributed by atoms with van der Waals surface area (Å²) < 4.78 is 53.9. The lowest BCUT2D eigenvalue weighted by molar-refractivity contribution is 0.132. The zero-order valence-corrected chi connectivity index (χ0v) is 10.9. The summed E-state index contributed by atoms with van der Waals surface area (Å²) in [6, 6.07) is 0.190. The number of rotatable bonds is 1. The van der Waals surface area contributed by atoms with E-state index in [4.69, 9.17) is 0 Å². The Bertz CT molecular complexity index is 497. The normalized spacial score (nSPS) is 23.8. The van der Waals surface area contributed by atoms with Gasteiger partial charge in [0, 0.05) is 25.7 Å². The van der Waals surface area contributed by atoms with Crippen LogP contribution in [0.15, 0.2) is 0 Å². The molecule has 3 nitrogen and oxygen atoms in total. The largest absolute Gasteiger partial charge is 0.364 e. The number of fused-ring (bicyclic) bond motifs is 1. The topological polar surface area (TPSA) is 19.4 Å². The second-order valence-electron chi connectivity index (χ2n) is 5.30. The van der Waals surface area contributed by atoms with E-state index in [9.17, 15) is 17.6 Å². The van der Waals surface area contributed by atoms with Crippen LogP contribution in [0.25, 0.3) is 0 Å². The zero-order chi connectivity index (χ0) is 14.3. The highest BCUT2D eigenvalue weighted by Gasteiger charge is 2.33. The van der Waals surface area contributed by atoms with Crippen molar-refractivity contribution in [3.63, 3.8) is 0 Å². The third-order valence-electron chi connectivity index (χ3n) is 4.13. The second-order valence-corrected chi connectivity index (χ2v) is 5.30. The van der Waals surface area contributed by atoms with Crippen molar-refractivity contribution in [2.45, 2.75) is 25.3 Å². The summed E-state index contributed by atoms with van der Waals surface area (Å²) in [4.78, 5) is 6.25. The van der Waals surface area contributed by atoms with Crippen LogP contribution in [0, 0.1) is 23.5 Å². The molecule has 110 valence electrons. The quantitative estimate of drug-likeness (QED) is 0.584. The van der Waals surface area contributed by atoms with Crippen molar-refractivity contribution >= 4 is 5.69 Å². The van der Waals surface area contributed by atoms with Crippen LogP contribution in [0.2, 0.25) is 0 Å². The summed E-state index contributed by atoms with van der Waals surface area (Å²) >= 11 is 0. The first-order valence-corrected chi connectivity index (χ1v) is 6.77. The Kier molecular flexibility index (Phi) is 3.54. The lowest BCUT2D eigenvalue weighted by Crippen LogP contribution is -2.55. The SMILES string of the molecule is Fc1nc(F)c(F)c(N2CCN3CCCCC3C2)c1F. The highest BCUT2D eigenvalue weighted by molar-refractivity contribution is 5.49. The van der Waals surface area contributed by atoms with Crippen LogP contribution in [-0.4, -0.2) is 42.1 Å². The van der Waals surface area contributed by atoms with E-state index in [1.807, 2.05) is 0 Å². The average Bonchev–Trinajstić information content (AvgIpc) is 2.45. The number of nitrogens with zero attached hydrogens (tertiary/aromatic N) is 3. The van der Waals surface area contributed by atoms with Crippen molar-refractivity contribution in [1.82, 2.24) is 9.88 Å². The molecule has 2 aliphatic rings. The summed E-state index contributed by atoms with van der Waals surface area (Å²) in [6.07, 6.45) is 3.13. The predicted octanol–water partition coefficient (Wildman–Crippen LogP) is 2.31. The van der Waals surface area contributed by atoms with Crippen LogP contribution in [0.3, 0.4) is 0 Å². The van der Waals surface area contributed by atoms with Gasteiger partial charge in [-0.25, -0.2) is 0 Å². The maximum Gasteiger partial charge on any atom is 0.253 e. The smallest absolute Gasteiger partial charge is 0.253 e. The highest BCUT2D eigenvalue weighted by Crippen LogP contribution is 2.30. The van der Waals surface area contributed by atoms with Gasteiger partial charge in [0.1, 0.15) is 5.69 Å². The Hall–Kier alpha value is -1.37. The fourth-order valence-electron chi connectivity index (χ4n) is 3.11. The van der Waals surface area contributed by atoms with Gasteiger partial charge in [0.2, 0.25) is 11.6 Å². The van der Waals surface area contributed by atoms with E-state index in [1.165, 1.54) is 4.90 Å². The van der Waals surface area contributed by atoms with Crippen LogP contribution in [0.5, 0.6) is 0 Å². The Labute approximate surface area is 114 Å². The number of pyridine rings is 1. The predicted molar refractivity (Wildman–Crippen MR) is 65.5 cm³/mol. The molecule has 3 heterocycles. The first kappa shape index (κ1) is 13.6. The minimum Gasteiger partial charge on any atom is -0.364 e. The van der Waals surface area contributed by atoms with E-state index in [2.05, 4.69) is 9.88 Å². The minimum atomic E-state index is -1.59. The fourth-order valence-corrected chi connectivity index (χ4v) is 3.11. The van der Waals surface area contributed by atoms with Crippen molar-refractivity contribution < 1.29 is 17.6 Å². The number of anilines is 1. The fraction of sp³-hybridized carbons (Fsp3) is 0.615. The van der Waals surface area contributed by atoms with Gasteiger partial charge in [-0.3, -0.25) is 4.90 Å². The maximum absolute atomic E-state index is 13.8. The summed E-state index contributed by atoms with van der Waals surface area (Å²) in [5, 5.41) is 0. The van der Waals surface area contributed by atoms with Crippen molar-refractivity contribution in [2.75, 3.05) is 31.1 Å². The highest BCUT2D eigenvalue weighted by atomic mass is 19.2. The molecule has 0 aliphatic carbocycles. The Balaban J connectivity index is 1.90. The lowest BCUT2D eigenvalue weighted by atomic mass is 9.99. The van der Waals surface area contributed by atoms with Crippen LogP contribution in [-0.2, 0) is 0 Å². The van der Waals surface area contributed by atoms with Crippen molar-refractivity contribution in [1.29, 1.82) is 0 Å². The van der Waals surface area contributed by atoms with Gasteiger partial charge in [0.15, 0.2) is 0 Å². The Morgan fingerprint density at radius 1 is 0.900 bits per heavy atom. The van der Waals surface area contributed by atoms with Gasteiger partial charge in [-0.2, -0.15) is 22.5 Å². The van der Waals surface area contributed by atoms with Gasteiger partial charge in [-0.05, 0) is 19.4 Å². The summed E-state index contributed by atoms with van der Waals surface area (Å²) in [6.45, 7) is 2.36. The number of aromatic nitrogens is 1. The van der Waals surface area contributed by atoms with E-state index in [1.54, 1.807) is 0 Å². The lowest BCUT2D eigenvalue weighted by Gasteiger charge is -2.44. The van der Waals surface area contributed by atoms with Crippen molar-refractivity contribution in [2.24, 2.45) is 0 Å². The van der Waals surface area contributed by atoms with Gasteiger partial charge in [0.25, 0.3) is 11.9 Å². The van der Waals surface area contributed by atoms with Crippen molar-refractivity contribution in [3.8, 4) is 0 Å². The van der Waals surface area contributed by atoms with E-state index >= 15 is 0 Å². The molecule has 2 aliphatic heterocycles. The molecular weight excluding hydrogens is 274 g/mol. The van der Waals surface area contributed by atoms with Crippen LogP contribution in [0.1, 0.15) is 19.3 Å². The molecule has 20 heavy (non-hydrogen) atoms. The maximum atomic E-state index is 13.8. The van der Waals surface area contributed by atoms with Gasteiger partial charge in [0.05, 0.1) is 0 Å². The molecule has 0 N–H and O–H groups in total. The first-order valence-electron chi connectivity index (χ1n) is 6.77. The van der Waals surface area contributed by atoms with Crippen LogP contribution >= 0.6 is 0 Å². The molecule has 2 saturated heterocycles. The van der Waals surface area contributed by atoms with E-state index in [0.717, 1.165) is 25.8 Å². The average molecular weight is 289 g/mol. The molecule has 3 rings (SSSR count). The summed E-state index contributed by atoms with van der Waals surface area (Å²) in [5.41, 5.74) is -0.625. The van der Waals surface area contributed by atoms with E-state index in [-0.39, 0.29) is 6.04 Å². The number of piperazine rings is 1. The summed E-state index contributed by atoms with van der Waals surface area (Å²) in [5.74, 6) is -6.00. The number of piperidine rings is 1. The van der Waals surface area contributed by atoms with Crippen molar-refractivity contribution in [3.05, 3.63) is 23.5 Å². The molecule has 2 fully saturated rings. The second kappa shape index (κ2) is 5.20. The monoisotopic (exact) mass is 289 g/mol. The molecule has 1 atom stereocenters. The number of hydrogen-bond donors (Lipinski definition) is 0. The van der Waals surface area contributed by atoms with Gasteiger partial charge in [-0.1, -0.05) is 6.42 Å².